The molecule has 6 atom stereocenters. The number of hydrogen-bond acceptors (Lipinski definition) is 3. The molecule has 1 N–H and O–H groups in total. The zero-order valence-corrected chi connectivity index (χ0v) is 19.0. The summed E-state index contributed by atoms with van der Waals surface area (Å²) in [4.78, 5) is 40.9. The summed E-state index contributed by atoms with van der Waals surface area (Å²) >= 11 is 6.00. The molecule has 3 saturated carbocycles. The van der Waals surface area contributed by atoms with Gasteiger partial charge in [0.15, 0.2) is 0 Å². The molecule has 0 aromatic heterocycles. The molecular formula is C25H24ClF3N2O3. The van der Waals surface area contributed by atoms with Crippen molar-refractivity contribution in [3.8, 4) is 0 Å². The Hall–Kier alpha value is -2.35. The predicted octanol–water partition coefficient (Wildman–Crippen LogP) is 4.91. The molecular weight excluding hydrogens is 469 g/mol. The zero-order chi connectivity index (χ0) is 23.9. The van der Waals surface area contributed by atoms with E-state index in [1.165, 1.54) is 4.90 Å². The molecule has 0 spiro atoms. The molecule has 1 aromatic carbocycles. The van der Waals surface area contributed by atoms with Crippen LogP contribution in [0.2, 0.25) is 5.02 Å². The van der Waals surface area contributed by atoms with Gasteiger partial charge in [0, 0.05) is 12.0 Å². The quantitative estimate of drug-likeness (QED) is 0.481. The Labute approximate surface area is 199 Å². The van der Waals surface area contributed by atoms with Crippen LogP contribution in [0, 0.1) is 41.4 Å². The maximum atomic E-state index is 13.3. The average molecular weight is 493 g/mol. The van der Waals surface area contributed by atoms with Crippen LogP contribution in [0.1, 0.15) is 37.7 Å². The number of rotatable bonds is 3. The van der Waals surface area contributed by atoms with Crippen LogP contribution >= 0.6 is 11.6 Å². The van der Waals surface area contributed by atoms with Gasteiger partial charge in [-0.2, -0.15) is 13.2 Å². The minimum atomic E-state index is -4.54. The van der Waals surface area contributed by atoms with Crippen molar-refractivity contribution in [1.82, 2.24) is 4.90 Å². The smallest absolute Gasteiger partial charge is 0.325 e. The third-order valence-corrected chi connectivity index (χ3v) is 9.01. The molecule has 2 bridgehead atoms. The first kappa shape index (κ1) is 22.1. The topological polar surface area (TPSA) is 66.5 Å². The van der Waals surface area contributed by atoms with E-state index in [1.54, 1.807) is 0 Å². The van der Waals surface area contributed by atoms with Gasteiger partial charge in [0.1, 0.15) is 0 Å². The number of likely N-dealkylation sites (tertiary alicyclic amines) is 1. The number of anilines is 1. The predicted molar refractivity (Wildman–Crippen MR) is 117 cm³/mol. The van der Waals surface area contributed by atoms with Crippen LogP contribution in [-0.2, 0) is 20.6 Å². The van der Waals surface area contributed by atoms with Gasteiger partial charge in [-0.15, -0.1) is 0 Å². The maximum Gasteiger partial charge on any atom is 0.416 e. The van der Waals surface area contributed by atoms with Crippen molar-refractivity contribution in [2.24, 2.45) is 41.4 Å². The second-order valence-corrected chi connectivity index (χ2v) is 10.8. The number of hydrogen-bond donors (Lipinski definition) is 1. The van der Waals surface area contributed by atoms with Gasteiger partial charge in [0.05, 0.1) is 28.1 Å². The standard InChI is InChI=1S/C25H24ClF3N2O3/c26-18-8-3-12(25(27,28)29)9-19(18)30-22(32)11-1-4-13(5-2-11)31-23(33)20-14-6-7-15(17-10-16(14)17)21(20)24(31)34/h3,6-9,11,13-17,20-21H,1-2,4-5,10H2,(H,30,32)/t11?,13?,14-,15-,16-,17+,20+,21+/m0/s1. The van der Waals surface area contributed by atoms with E-state index in [0.29, 0.717) is 37.5 Å². The summed E-state index contributed by atoms with van der Waals surface area (Å²) in [5.41, 5.74) is -0.955. The van der Waals surface area contributed by atoms with E-state index in [4.69, 9.17) is 11.6 Å². The maximum absolute atomic E-state index is 13.3. The van der Waals surface area contributed by atoms with Gasteiger partial charge in [-0.05, 0) is 74.0 Å². The molecule has 5 nitrogen and oxygen atoms in total. The van der Waals surface area contributed by atoms with Crippen LogP contribution < -0.4 is 5.32 Å². The fourth-order valence-corrected chi connectivity index (χ4v) is 7.13. The number of nitrogens with one attached hydrogen (secondary N) is 1. The molecule has 1 saturated heterocycles. The third-order valence-electron chi connectivity index (χ3n) is 8.68. The number of benzene rings is 1. The number of imide groups is 1. The number of amides is 3. The van der Waals surface area contributed by atoms with Gasteiger partial charge in [0.2, 0.25) is 17.7 Å². The van der Waals surface area contributed by atoms with E-state index < -0.39 is 23.6 Å². The first-order chi connectivity index (χ1) is 16.1. The number of halogens is 4. The highest BCUT2D eigenvalue weighted by atomic mass is 35.5. The van der Waals surface area contributed by atoms with Crippen molar-refractivity contribution in [3.63, 3.8) is 0 Å². The van der Waals surface area contributed by atoms with Gasteiger partial charge in [0.25, 0.3) is 0 Å². The van der Waals surface area contributed by atoms with E-state index in [9.17, 15) is 27.6 Å². The Morgan fingerprint density at radius 2 is 1.56 bits per heavy atom. The third kappa shape index (κ3) is 3.32. The molecule has 1 heterocycles. The van der Waals surface area contributed by atoms with Gasteiger partial charge >= 0.3 is 6.18 Å². The number of allylic oxidation sites excluding steroid dienone is 2. The molecule has 0 unspecified atom stereocenters. The minimum absolute atomic E-state index is 0.0344. The van der Waals surface area contributed by atoms with E-state index >= 15 is 0 Å². The van der Waals surface area contributed by atoms with Gasteiger partial charge in [-0.1, -0.05) is 23.8 Å². The highest BCUT2D eigenvalue weighted by molar-refractivity contribution is 6.33. The molecule has 0 radical (unpaired) electrons. The van der Waals surface area contributed by atoms with Gasteiger partial charge in [-0.25, -0.2) is 0 Å². The Bertz CT molecular complexity index is 1080. The number of carbonyl (C=O) groups is 3. The molecule has 3 amide bonds. The zero-order valence-electron chi connectivity index (χ0n) is 18.2. The van der Waals surface area contributed by atoms with Crippen molar-refractivity contribution < 1.29 is 27.6 Å². The molecule has 9 heteroatoms. The van der Waals surface area contributed by atoms with Crippen LogP contribution in [0.15, 0.2) is 30.4 Å². The summed E-state index contributed by atoms with van der Waals surface area (Å²) in [7, 11) is 0. The molecule has 6 aliphatic rings. The second kappa shape index (κ2) is 7.57. The van der Waals surface area contributed by atoms with Gasteiger partial charge < -0.3 is 5.32 Å². The fourth-order valence-electron chi connectivity index (χ4n) is 6.97. The molecule has 5 aliphatic carbocycles. The number of carbonyl (C=O) groups excluding carboxylic acids is 3. The average Bonchev–Trinajstić information content (AvgIpc) is 3.58. The SMILES string of the molecule is O=C(Nc1cc(C(F)(F)F)ccc1Cl)C1CCC(N2C(=O)[C@@H]3[C@H]4C=C[C@@H]([C@@H]5C[C@H]45)[C@H]3C2=O)CC1. The summed E-state index contributed by atoms with van der Waals surface area (Å²) in [6, 6.07) is 2.60. The van der Waals surface area contributed by atoms with Crippen molar-refractivity contribution in [3.05, 3.63) is 40.9 Å². The Balaban J connectivity index is 1.11. The van der Waals surface area contributed by atoms with Crippen LogP contribution in [0.3, 0.4) is 0 Å². The fraction of sp³-hybridized carbons (Fsp3) is 0.560. The summed E-state index contributed by atoms with van der Waals surface area (Å²) in [5, 5.41) is 2.57. The summed E-state index contributed by atoms with van der Waals surface area (Å²) < 4.78 is 39.0. The molecule has 4 fully saturated rings. The van der Waals surface area contributed by atoms with Crippen LogP contribution in [0.4, 0.5) is 18.9 Å². The molecule has 34 heavy (non-hydrogen) atoms. The number of alkyl halides is 3. The lowest BCUT2D eigenvalue weighted by atomic mass is 9.63. The summed E-state index contributed by atoms with van der Waals surface area (Å²) in [6.07, 6.45) is 2.81. The monoisotopic (exact) mass is 492 g/mol. The Morgan fingerprint density at radius 3 is 2.12 bits per heavy atom. The molecule has 1 aromatic rings. The summed E-state index contributed by atoms with van der Waals surface area (Å²) in [5.74, 6) is 0.0983. The lowest BCUT2D eigenvalue weighted by molar-refractivity contribution is -0.144. The summed E-state index contributed by atoms with van der Waals surface area (Å²) in [6.45, 7) is 0. The minimum Gasteiger partial charge on any atom is -0.325 e. The van der Waals surface area contributed by atoms with Crippen LogP contribution in [0.5, 0.6) is 0 Å². The first-order valence-electron chi connectivity index (χ1n) is 11.9. The van der Waals surface area contributed by atoms with Crippen molar-refractivity contribution in [2.45, 2.75) is 44.3 Å². The molecule has 7 rings (SSSR count). The normalized spacial score (nSPS) is 38.1. The van der Waals surface area contributed by atoms with E-state index in [-0.39, 0.29) is 52.2 Å². The van der Waals surface area contributed by atoms with E-state index in [0.717, 1.165) is 24.6 Å². The van der Waals surface area contributed by atoms with Crippen molar-refractivity contribution in [2.75, 3.05) is 5.32 Å². The van der Waals surface area contributed by atoms with Crippen molar-refractivity contribution in [1.29, 1.82) is 0 Å². The second-order valence-electron chi connectivity index (χ2n) is 10.4. The van der Waals surface area contributed by atoms with Crippen LogP contribution in [-0.4, -0.2) is 28.7 Å². The van der Waals surface area contributed by atoms with E-state index in [1.807, 2.05) is 0 Å². The lowest BCUT2D eigenvalue weighted by Crippen LogP contribution is -2.44. The van der Waals surface area contributed by atoms with Gasteiger partial charge in [-0.3, -0.25) is 19.3 Å². The number of nitrogens with zero attached hydrogens (tertiary/aromatic N) is 1. The van der Waals surface area contributed by atoms with Crippen molar-refractivity contribution >= 4 is 35.0 Å². The lowest BCUT2D eigenvalue weighted by Gasteiger charge is -2.37. The largest absolute Gasteiger partial charge is 0.416 e. The Kier molecular flexibility index (Phi) is 4.93. The van der Waals surface area contributed by atoms with E-state index in [2.05, 4.69) is 17.5 Å². The first-order valence-corrected chi connectivity index (χ1v) is 12.3. The molecule has 1 aliphatic heterocycles. The Morgan fingerprint density at radius 1 is 0.971 bits per heavy atom. The highest BCUT2D eigenvalue weighted by Crippen LogP contribution is 2.65. The highest BCUT2D eigenvalue weighted by Gasteiger charge is 2.67. The van der Waals surface area contributed by atoms with Crippen LogP contribution in [0.25, 0.3) is 0 Å². The molecule has 180 valence electrons.